The second-order valence-electron chi connectivity index (χ2n) is 5.76. The minimum Gasteiger partial charge on any atom is -0.314 e. The minimum absolute atomic E-state index is 0. The first-order chi connectivity index (χ1) is 10.9. The Kier molecular flexibility index (Phi) is 10.7. The molecule has 1 heterocycles. The Morgan fingerprint density at radius 2 is 1.80 bits per heavy atom. The first-order valence-corrected chi connectivity index (χ1v) is 8.24. The molecule has 1 aliphatic heterocycles. The van der Waals surface area contributed by atoms with E-state index in [1.165, 1.54) is 0 Å². The minimum atomic E-state index is -4.60. The van der Waals surface area contributed by atoms with Crippen LogP contribution in [0.15, 0.2) is 12.1 Å². The molecule has 2 rings (SSSR count). The third kappa shape index (κ3) is 6.14. The molecule has 0 spiro atoms. The highest BCUT2D eigenvalue weighted by Gasteiger charge is 2.39. The summed E-state index contributed by atoms with van der Waals surface area (Å²) in [6, 6.07) is 1.27. The van der Waals surface area contributed by atoms with Crippen LogP contribution in [-0.2, 0) is 6.18 Å². The topological polar surface area (TPSA) is 15.3 Å². The van der Waals surface area contributed by atoms with E-state index in [1.54, 1.807) is 0 Å². The quantitative estimate of drug-likeness (QED) is 0.629. The highest BCUT2D eigenvalue weighted by atomic mass is 35.5. The number of halogens is 7. The predicted octanol–water partition coefficient (Wildman–Crippen LogP) is 5.48. The highest BCUT2D eigenvalue weighted by Crippen LogP contribution is 2.41. The van der Waals surface area contributed by atoms with Crippen molar-refractivity contribution in [2.45, 2.75) is 38.4 Å². The molecule has 1 aromatic carbocycles. The fraction of sp³-hybridized carbons (Fsp3) is 0.625. The van der Waals surface area contributed by atoms with Crippen molar-refractivity contribution in [1.29, 1.82) is 0 Å². The Balaban J connectivity index is 0.00000288. The van der Waals surface area contributed by atoms with Gasteiger partial charge in [-0.05, 0) is 18.6 Å². The van der Waals surface area contributed by atoms with Crippen LogP contribution in [-0.4, -0.2) is 31.1 Å². The van der Waals surface area contributed by atoms with Crippen LogP contribution in [0.25, 0.3) is 0 Å². The Labute approximate surface area is 163 Å². The van der Waals surface area contributed by atoms with Crippen molar-refractivity contribution in [3.8, 4) is 0 Å². The van der Waals surface area contributed by atoms with Gasteiger partial charge in [0.1, 0.15) is 5.82 Å². The molecule has 1 aromatic rings. The summed E-state index contributed by atoms with van der Waals surface area (Å²) in [6.07, 6.45) is -2.54. The Hall–Kier alpha value is -0.270. The van der Waals surface area contributed by atoms with Crippen LogP contribution in [0.4, 0.5) is 17.6 Å². The van der Waals surface area contributed by atoms with Crippen LogP contribution in [0.2, 0.25) is 5.02 Å². The third-order valence-electron chi connectivity index (χ3n) is 4.19. The summed E-state index contributed by atoms with van der Waals surface area (Å²) in [5.41, 5.74) is -1.22. The molecule has 1 N–H and O–H groups in total. The first kappa shape index (κ1) is 24.7. The van der Waals surface area contributed by atoms with E-state index >= 15 is 0 Å². The van der Waals surface area contributed by atoms with Crippen LogP contribution < -0.4 is 5.32 Å². The van der Waals surface area contributed by atoms with Crippen molar-refractivity contribution >= 4 is 36.4 Å². The zero-order valence-electron chi connectivity index (χ0n) is 13.8. The summed E-state index contributed by atoms with van der Waals surface area (Å²) in [4.78, 5) is 1.93. The lowest BCUT2D eigenvalue weighted by molar-refractivity contribution is -0.139. The van der Waals surface area contributed by atoms with Crippen LogP contribution >= 0.6 is 36.4 Å². The summed E-state index contributed by atoms with van der Waals surface area (Å²) in [5.74, 6) is -0.943. The van der Waals surface area contributed by atoms with Gasteiger partial charge in [-0.3, -0.25) is 4.90 Å². The fourth-order valence-electron chi connectivity index (χ4n) is 3.04. The van der Waals surface area contributed by atoms with E-state index in [4.69, 9.17) is 11.6 Å². The number of alkyl halides is 3. The molecule has 9 heteroatoms. The maximum Gasteiger partial charge on any atom is 0.416 e. The van der Waals surface area contributed by atoms with Gasteiger partial charge in [-0.1, -0.05) is 31.4 Å². The summed E-state index contributed by atoms with van der Waals surface area (Å²) in [5, 5.41) is 2.90. The smallest absolute Gasteiger partial charge is 0.314 e. The highest BCUT2D eigenvalue weighted by molar-refractivity contribution is 6.30. The molecule has 1 saturated heterocycles. The molecule has 0 saturated carbocycles. The van der Waals surface area contributed by atoms with E-state index in [-0.39, 0.29) is 35.4 Å². The van der Waals surface area contributed by atoms with Gasteiger partial charge >= 0.3 is 6.18 Å². The molecule has 0 unspecified atom stereocenters. The van der Waals surface area contributed by atoms with E-state index < -0.39 is 23.6 Å². The summed E-state index contributed by atoms with van der Waals surface area (Å²) in [6.45, 7) is 4.53. The Bertz CT molecular complexity index is 535. The number of hydrogen-bond acceptors (Lipinski definition) is 2. The molecule has 25 heavy (non-hydrogen) atoms. The summed E-state index contributed by atoms with van der Waals surface area (Å²) >= 11 is 5.78. The second kappa shape index (κ2) is 10.8. The maximum absolute atomic E-state index is 14.6. The molecular formula is C16H23Cl3F4N2. The SMILES string of the molecule is CCCC[C@H](c1c(C(F)(F)F)ccc(Cl)c1F)N1CCNCC1.Cl.Cl. The van der Waals surface area contributed by atoms with Crippen molar-refractivity contribution in [2.24, 2.45) is 0 Å². The summed E-state index contributed by atoms with van der Waals surface area (Å²) < 4.78 is 54.7. The molecule has 0 aromatic heterocycles. The fourth-order valence-corrected chi connectivity index (χ4v) is 3.20. The van der Waals surface area contributed by atoms with Crippen LogP contribution in [0.3, 0.4) is 0 Å². The van der Waals surface area contributed by atoms with Gasteiger partial charge in [-0.25, -0.2) is 4.39 Å². The molecule has 2 nitrogen and oxygen atoms in total. The Morgan fingerprint density at radius 3 is 2.32 bits per heavy atom. The van der Waals surface area contributed by atoms with Gasteiger partial charge in [0.2, 0.25) is 0 Å². The molecule has 146 valence electrons. The van der Waals surface area contributed by atoms with Gasteiger partial charge in [0, 0.05) is 37.8 Å². The molecule has 0 radical (unpaired) electrons. The van der Waals surface area contributed by atoms with Crippen molar-refractivity contribution in [3.63, 3.8) is 0 Å². The Morgan fingerprint density at radius 1 is 1.20 bits per heavy atom. The normalized spacial score (nSPS) is 16.7. The summed E-state index contributed by atoms with van der Waals surface area (Å²) in [7, 11) is 0. The lowest BCUT2D eigenvalue weighted by atomic mass is 9.93. The molecule has 1 atom stereocenters. The van der Waals surface area contributed by atoms with Gasteiger partial charge in [0.15, 0.2) is 0 Å². The molecule has 1 aliphatic rings. The zero-order chi connectivity index (χ0) is 17.0. The van der Waals surface area contributed by atoms with Gasteiger partial charge in [0.25, 0.3) is 0 Å². The first-order valence-electron chi connectivity index (χ1n) is 7.86. The van der Waals surface area contributed by atoms with Gasteiger partial charge in [0.05, 0.1) is 10.6 Å². The monoisotopic (exact) mass is 424 g/mol. The second-order valence-corrected chi connectivity index (χ2v) is 6.17. The number of rotatable bonds is 5. The van der Waals surface area contributed by atoms with Crippen LogP contribution in [0.1, 0.15) is 43.4 Å². The van der Waals surface area contributed by atoms with Crippen LogP contribution in [0, 0.1) is 5.82 Å². The van der Waals surface area contributed by atoms with E-state index in [0.717, 1.165) is 25.0 Å². The lowest BCUT2D eigenvalue weighted by Crippen LogP contribution is -2.45. The average molecular weight is 426 g/mol. The van der Waals surface area contributed by atoms with Gasteiger partial charge in [-0.2, -0.15) is 13.2 Å². The van der Waals surface area contributed by atoms with Crippen molar-refractivity contribution in [2.75, 3.05) is 26.2 Å². The van der Waals surface area contributed by atoms with Crippen molar-refractivity contribution < 1.29 is 17.6 Å². The van der Waals surface area contributed by atoms with E-state index in [9.17, 15) is 17.6 Å². The molecule has 0 bridgehead atoms. The molecule has 1 fully saturated rings. The average Bonchev–Trinajstić information content (AvgIpc) is 2.51. The number of nitrogens with zero attached hydrogens (tertiary/aromatic N) is 1. The van der Waals surface area contributed by atoms with Crippen molar-refractivity contribution in [1.82, 2.24) is 10.2 Å². The molecule has 0 amide bonds. The lowest BCUT2D eigenvalue weighted by Gasteiger charge is -2.36. The third-order valence-corrected chi connectivity index (χ3v) is 4.49. The standard InChI is InChI=1S/C16H21ClF4N2.2ClH/c1-2-3-4-13(23-9-7-22-8-10-23)14-11(16(19,20)21)5-6-12(17)15(14)18;;/h5-6,13,22H,2-4,7-10H2,1H3;2*1H/t13-;;/m1../s1. The van der Waals surface area contributed by atoms with Crippen molar-refractivity contribution in [3.05, 3.63) is 34.1 Å². The maximum atomic E-state index is 14.6. The number of hydrogen-bond donors (Lipinski definition) is 1. The van der Waals surface area contributed by atoms with Gasteiger partial charge < -0.3 is 5.32 Å². The number of piperazine rings is 1. The molecule has 0 aliphatic carbocycles. The van der Waals surface area contributed by atoms with Gasteiger partial charge in [-0.15, -0.1) is 24.8 Å². The zero-order valence-corrected chi connectivity index (χ0v) is 16.2. The van der Waals surface area contributed by atoms with E-state index in [2.05, 4.69) is 5.32 Å². The number of nitrogens with one attached hydrogen (secondary N) is 1. The van der Waals surface area contributed by atoms with E-state index in [0.29, 0.717) is 32.6 Å². The van der Waals surface area contributed by atoms with Crippen LogP contribution in [0.5, 0.6) is 0 Å². The number of benzene rings is 1. The predicted molar refractivity (Wildman–Crippen MR) is 97.6 cm³/mol. The largest absolute Gasteiger partial charge is 0.416 e. The molecular weight excluding hydrogens is 403 g/mol. The van der Waals surface area contributed by atoms with E-state index in [1.807, 2.05) is 11.8 Å². The number of unbranched alkanes of at least 4 members (excludes halogenated alkanes) is 1.